The van der Waals surface area contributed by atoms with Crippen LogP contribution in [-0.4, -0.2) is 34.8 Å². The van der Waals surface area contributed by atoms with Gasteiger partial charge in [0, 0.05) is 36.5 Å². The minimum atomic E-state index is -0.553. The molecule has 0 radical (unpaired) electrons. The molecule has 7 heteroatoms. The van der Waals surface area contributed by atoms with Gasteiger partial charge in [-0.1, -0.05) is 11.6 Å². The molecule has 126 valence electrons. The number of hydrogen-bond acceptors (Lipinski definition) is 2. The Kier molecular flexibility index (Phi) is 4.57. The topological polar surface area (TPSA) is 79.2 Å². The first-order valence-corrected chi connectivity index (χ1v) is 8.06. The number of aromatic nitrogens is 1. The fraction of sp³-hybridized carbons (Fsp3) is 0.294. The zero-order valence-electron chi connectivity index (χ0n) is 12.9. The van der Waals surface area contributed by atoms with E-state index in [9.17, 15) is 14.0 Å². The summed E-state index contributed by atoms with van der Waals surface area (Å²) in [4.78, 5) is 28.9. The maximum Gasteiger partial charge on any atom is 0.253 e. The van der Waals surface area contributed by atoms with Crippen LogP contribution in [0.3, 0.4) is 0 Å². The molecule has 1 aliphatic heterocycles. The third-order valence-electron chi connectivity index (χ3n) is 4.33. The lowest BCUT2D eigenvalue weighted by molar-refractivity contribution is 0.0706. The van der Waals surface area contributed by atoms with Crippen LogP contribution in [0.5, 0.6) is 0 Å². The Morgan fingerprint density at radius 3 is 2.83 bits per heavy atom. The van der Waals surface area contributed by atoms with Gasteiger partial charge in [0.25, 0.3) is 11.8 Å². The summed E-state index contributed by atoms with van der Waals surface area (Å²) in [7, 11) is 0. The second-order valence-corrected chi connectivity index (χ2v) is 6.30. The molecule has 0 saturated carbocycles. The van der Waals surface area contributed by atoms with Crippen LogP contribution in [0.2, 0.25) is 5.02 Å². The van der Waals surface area contributed by atoms with Gasteiger partial charge in [0.05, 0.1) is 10.6 Å². The van der Waals surface area contributed by atoms with Gasteiger partial charge in [-0.05, 0) is 37.1 Å². The molecule has 1 aliphatic rings. The average molecular weight is 350 g/mol. The highest BCUT2D eigenvalue weighted by Gasteiger charge is 2.28. The molecule has 1 saturated heterocycles. The number of carbonyl (C=O) groups excluding carboxylic acids is 2. The summed E-state index contributed by atoms with van der Waals surface area (Å²) in [5.41, 5.74) is 6.96. The molecule has 24 heavy (non-hydrogen) atoms. The standard InChI is InChI=1S/C17H17ClFN3O2/c18-13-8-10(3-4-14(13)19)17(24)22-7-1-2-11(9-22)15-12(16(20)23)5-6-21-15/h3-6,8,11,21H,1-2,7,9H2,(H2,20,23). The third kappa shape index (κ3) is 3.14. The monoisotopic (exact) mass is 349 g/mol. The summed E-state index contributed by atoms with van der Waals surface area (Å²) in [6, 6.07) is 5.61. The Bertz CT molecular complexity index is 790. The highest BCUT2D eigenvalue weighted by molar-refractivity contribution is 6.31. The van der Waals surface area contributed by atoms with E-state index in [4.69, 9.17) is 17.3 Å². The fourth-order valence-electron chi connectivity index (χ4n) is 3.14. The molecule has 0 aliphatic carbocycles. The molecule has 1 atom stereocenters. The first kappa shape index (κ1) is 16.5. The van der Waals surface area contributed by atoms with Crippen molar-refractivity contribution in [3.05, 3.63) is 58.1 Å². The van der Waals surface area contributed by atoms with E-state index in [-0.39, 0.29) is 16.8 Å². The maximum atomic E-state index is 13.3. The van der Waals surface area contributed by atoms with Gasteiger partial charge in [-0.3, -0.25) is 9.59 Å². The first-order valence-electron chi connectivity index (χ1n) is 7.68. The van der Waals surface area contributed by atoms with Crippen molar-refractivity contribution >= 4 is 23.4 Å². The number of rotatable bonds is 3. The van der Waals surface area contributed by atoms with Gasteiger partial charge in [-0.15, -0.1) is 0 Å². The highest BCUT2D eigenvalue weighted by atomic mass is 35.5. The van der Waals surface area contributed by atoms with Crippen LogP contribution in [0.1, 0.15) is 45.2 Å². The molecule has 5 nitrogen and oxygen atoms in total. The first-order chi connectivity index (χ1) is 11.5. The van der Waals surface area contributed by atoms with Gasteiger partial charge in [-0.2, -0.15) is 0 Å². The lowest BCUT2D eigenvalue weighted by atomic mass is 9.92. The van der Waals surface area contributed by atoms with Crippen LogP contribution in [0.15, 0.2) is 30.5 Å². The van der Waals surface area contributed by atoms with Crippen LogP contribution in [0.25, 0.3) is 0 Å². The molecule has 1 aromatic heterocycles. The molecule has 2 heterocycles. The van der Waals surface area contributed by atoms with E-state index >= 15 is 0 Å². The Labute approximate surface area is 143 Å². The molecular formula is C17H17ClFN3O2. The van der Waals surface area contributed by atoms with Gasteiger partial charge in [0.1, 0.15) is 5.82 Å². The van der Waals surface area contributed by atoms with E-state index in [1.54, 1.807) is 17.2 Å². The second-order valence-electron chi connectivity index (χ2n) is 5.89. The number of nitrogens with zero attached hydrogens (tertiary/aromatic N) is 1. The number of aromatic amines is 1. The number of nitrogens with two attached hydrogens (primary N) is 1. The zero-order chi connectivity index (χ0) is 17.3. The van der Waals surface area contributed by atoms with Crippen LogP contribution >= 0.6 is 11.6 Å². The van der Waals surface area contributed by atoms with Gasteiger partial charge in [0.15, 0.2) is 0 Å². The van der Waals surface area contributed by atoms with E-state index in [0.29, 0.717) is 24.2 Å². The second kappa shape index (κ2) is 6.65. The fourth-order valence-corrected chi connectivity index (χ4v) is 3.32. The van der Waals surface area contributed by atoms with E-state index in [2.05, 4.69) is 4.98 Å². The summed E-state index contributed by atoms with van der Waals surface area (Å²) in [6.07, 6.45) is 3.34. The van der Waals surface area contributed by atoms with Gasteiger partial charge in [-0.25, -0.2) is 4.39 Å². The summed E-state index contributed by atoms with van der Waals surface area (Å²) in [5.74, 6) is -1.23. The molecule has 2 amide bonds. The number of likely N-dealkylation sites (tertiary alicyclic amines) is 1. The van der Waals surface area contributed by atoms with Crippen molar-refractivity contribution in [3.63, 3.8) is 0 Å². The van der Waals surface area contributed by atoms with Crippen LogP contribution < -0.4 is 5.73 Å². The Balaban J connectivity index is 1.80. The summed E-state index contributed by atoms with van der Waals surface area (Å²) in [5, 5.41) is -0.0743. The zero-order valence-corrected chi connectivity index (χ0v) is 13.6. The lowest BCUT2D eigenvalue weighted by Crippen LogP contribution is -2.39. The molecule has 1 fully saturated rings. The van der Waals surface area contributed by atoms with Gasteiger partial charge >= 0.3 is 0 Å². The normalized spacial score (nSPS) is 17.8. The van der Waals surface area contributed by atoms with Crippen molar-refractivity contribution in [1.29, 1.82) is 0 Å². The molecule has 3 N–H and O–H groups in total. The van der Waals surface area contributed by atoms with Crippen LogP contribution in [0.4, 0.5) is 4.39 Å². The summed E-state index contributed by atoms with van der Waals surface area (Å²) in [6.45, 7) is 1.07. The third-order valence-corrected chi connectivity index (χ3v) is 4.62. The van der Waals surface area contributed by atoms with Crippen molar-refractivity contribution in [2.24, 2.45) is 5.73 Å². The highest BCUT2D eigenvalue weighted by Crippen LogP contribution is 2.29. The molecule has 2 aromatic rings. The van der Waals surface area contributed by atoms with E-state index in [0.717, 1.165) is 18.5 Å². The summed E-state index contributed by atoms with van der Waals surface area (Å²) < 4.78 is 13.3. The number of piperidine rings is 1. The molecular weight excluding hydrogens is 333 g/mol. The van der Waals surface area contributed by atoms with Gasteiger partial charge in [0.2, 0.25) is 0 Å². The Hall–Kier alpha value is -2.34. The van der Waals surface area contributed by atoms with Crippen molar-refractivity contribution in [3.8, 4) is 0 Å². The van der Waals surface area contributed by atoms with Crippen molar-refractivity contribution in [2.45, 2.75) is 18.8 Å². The Morgan fingerprint density at radius 1 is 1.33 bits per heavy atom. The summed E-state index contributed by atoms with van der Waals surface area (Å²) >= 11 is 5.76. The van der Waals surface area contributed by atoms with E-state index < -0.39 is 11.7 Å². The molecule has 0 spiro atoms. The van der Waals surface area contributed by atoms with Gasteiger partial charge < -0.3 is 15.6 Å². The number of hydrogen-bond donors (Lipinski definition) is 2. The average Bonchev–Trinajstić information content (AvgIpc) is 3.07. The minimum absolute atomic E-state index is 0.0103. The number of carbonyl (C=O) groups is 2. The van der Waals surface area contributed by atoms with E-state index in [1.165, 1.54) is 18.2 Å². The molecule has 3 rings (SSSR count). The lowest BCUT2D eigenvalue weighted by Gasteiger charge is -2.33. The molecule has 1 unspecified atom stereocenters. The predicted octanol–water partition coefficient (Wildman–Crippen LogP) is 2.93. The van der Waals surface area contributed by atoms with E-state index in [1.807, 2.05) is 0 Å². The smallest absolute Gasteiger partial charge is 0.253 e. The number of benzene rings is 1. The maximum absolute atomic E-state index is 13.3. The van der Waals surface area contributed by atoms with Crippen LogP contribution in [0, 0.1) is 5.82 Å². The van der Waals surface area contributed by atoms with Crippen molar-refractivity contribution in [1.82, 2.24) is 9.88 Å². The Morgan fingerprint density at radius 2 is 2.12 bits per heavy atom. The number of halogens is 2. The number of primary amides is 1. The largest absolute Gasteiger partial charge is 0.366 e. The molecule has 1 aromatic carbocycles. The quantitative estimate of drug-likeness (QED) is 0.893. The molecule has 0 bridgehead atoms. The predicted molar refractivity (Wildman–Crippen MR) is 88.6 cm³/mol. The van der Waals surface area contributed by atoms with Crippen molar-refractivity contribution < 1.29 is 14.0 Å². The number of nitrogens with one attached hydrogen (secondary N) is 1. The minimum Gasteiger partial charge on any atom is -0.366 e. The van der Waals surface area contributed by atoms with Crippen molar-refractivity contribution in [2.75, 3.05) is 13.1 Å². The number of H-pyrrole nitrogens is 1. The van der Waals surface area contributed by atoms with Crippen LogP contribution in [-0.2, 0) is 0 Å². The number of amides is 2. The SMILES string of the molecule is NC(=O)c1cc[nH]c1C1CCCN(C(=O)c2ccc(F)c(Cl)c2)C1.